The Hall–Kier alpha value is -1.76. The van der Waals surface area contributed by atoms with Crippen molar-refractivity contribution in [2.24, 2.45) is 5.73 Å². The number of nitrogens with one attached hydrogen (secondary N) is 1. The molecular formula is C12H16F3N3O. The number of hydrogen-bond donors (Lipinski definition) is 3. The zero-order valence-electron chi connectivity index (χ0n) is 10.6. The van der Waals surface area contributed by atoms with E-state index < -0.39 is 17.6 Å². The molecule has 0 aliphatic carbocycles. The van der Waals surface area contributed by atoms with E-state index in [0.29, 0.717) is 5.69 Å². The Bertz CT molecular complexity index is 474. The van der Waals surface area contributed by atoms with Gasteiger partial charge in [-0.25, -0.2) is 0 Å². The maximum absolute atomic E-state index is 12.8. The molecule has 0 amide bonds. The fraction of sp³-hybridized carbons (Fsp3) is 0.417. The number of likely N-dealkylation sites (N-methyl/N-ethyl adjacent to an activating group) is 1. The van der Waals surface area contributed by atoms with E-state index in [1.54, 1.807) is 18.9 Å². The first-order valence-corrected chi connectivity index (χ1v) is 5.57. The number of aliphatic hydroxyl groups excluding tert-OH is 1. The summed E-state index contributed by atoms with van der Waals surface area (Å²) in [7, 11) is 1.65. The molecule has 0 saturated heterocycles. The first-order chi connectivity index (χ1) is 8.68. The lowest BCUT2D eigenvalue weighted by Crippen LogP contribution is -2.32. The van der Waals surface area contributed by atoms with Crippen molar-refractivity contribution in [3.8, 4) is 0 Å². The topological polar surface area (TPSA) is 73.3 Å². The third-order valence-electron chi connectivity index (χ3n) is 2.93. The van der Waals surface area contributed by atoms with Crippen molar-refractivity contribution in [2.45, 2.75) is 19.1 Å². The predicted octanol–water partition coefficient (Wildman–Crippen LogP) is 1.81. The molecule has 0 radical (unpaired) electrons. The molecule has 19 heavy (non-hydrogen) atoms. The van der Waals surface area contributed by atoms with Gasteiger partial charge in [0.25, 0.3) is 0 Å². The SMILES string of the molecule is CC(CO)N(C)c1ccc(C(F)(F)F)c(C(=N)N)c1. The van der Waals surface area contributed by atoms with Crippen LogP contribution in [-0.2, 0) is 6.18 Å². The molecule has 0 heterocycles. The second kappa shape index (κ2) is 5.48. The van der Waals surface area contributed by atoms with Crippen LogP contribution >= 0.6 is 0 Å². The van der Waals surface area contributed by atoms with Gasteiger partial charge in [-0.2, -0.15) is 13.2 Å². The zero-order chi connectivity index (χ0) is 14.8. The summed E-state index contributed by atoms with van der Waals surface area (Å²) in [6, 6.07) is 3.14. The van der Waals surface area contributed by atoms with Crippen molar-refractivity contribution in [1.82, 2.24) is 0 Å². The maximum atomic E-state index is 12.8. The Morgan fingerprint density at radius 1 is 1.47 bits per heavy atom. The molecule has 0 bridgehead atoms. The highest BCUT2D eigenvalue weighted by Crippen LogP contribution is 2.33. The van der Waals surface area contributed by atoms with Gasteiger partial charge in [-0.05, 0) is 25.1 Å². The Morgan fingerprint density at radius 2 is 2.05 bits per heavy atom. The normalized spacial score (nSPS) is 13.2. The molecule has 0 aliphatic heterocycles. The highest BCUT2D eigenvalue weighted by Gasteiger charge is 2.34. The van der Waals surface area contributed by atoms with Crippen molar-refractivity contribution in [3.05, 3.63) is 29.3 Å². The Morgan fingerprint density at radius 3 is 2.47 bits per heavy atom. The minimum Gasteiger partial charge on any atom is -0.394 e. The van der Waals surface area contributed by atoms with E-state index in [0.717, 1.165) is 6.07 Å². The summed E-state index contributed by atoms with van der Waals surface area (Å²) in [6.45, 7) is 1.60. The second-order valence-electron chi connectivity index (χ2n) is 4.28. The number of aliphatic hydroxyl groups is 1. The summed E-state index contributed by atoms with van der Waals surface area (Å²) >= 11 is 0. The molecule has 1 aromatic carbocycles. The van der Waals surface area contributed by atoms with Gasteiger partial charge in [0.2, 0.25) is 0 Å². The standard InChI is InChI=1S/C12H16F3N3O/c1-7(6-19)18(2)8-3-4-10(12(13,14)15)9(5-8)11(16)17/h3-5,7,19H,6H2,1-2H3,(H3,16,17). The summed E-state index contributed by atoms with van der Waals surface area (Å²) in [5.74, 6) is -0.640. The van der Waals surface area contributed by atoms with Gasteiger partial charge in [-0.1, -0.05) is 0 Å². The number of rotatable bonds is 4. The number of halogens is 3. The van der Waals surface area contributed by atoms with Gasteiger partial charge in [0.1, 0.15) is 5.84 Å². The molecule has 106 valence electrons. The van der Waals surface area contributed by atoms with Crippen LogP contribution in [0.15, 0.2) is 18.2 Å². The quantitative estimate of drug-likeness (QED) is 0.579. The van der Waals surface area contributed by atoms with Crippen LogP contribution in [0.1, 0.15) is 18.1 Å². The molecule has 1 aromatic rings. The fourth-order valence-corrected chi connectivity index (χ4v) is 1.60. The van der Waals surface area contributed by atoms with Crippen LogP contribution in [0.25, 0.3) is 0 Å². The molecule has 7 heteroatoms. The van der Waals surface area contributed by atoms with Crippen LogP contribution in [0.5, 0.6) is 0 Å². The van der Waals surface area contributed by atoms with Gasteiger partial charge in [0.05, 0.1) is 12.2 Å². The van der Waals surface area contributed by atoms with Crippen molar-refractivity contribution in [1.29, 1.82) is 5.41 Å². The predicted molar refractivity (Wildman–Crippen MR) is 67.4 cm³/mol. The van der Waals surface area contributed by atoms with Crippen LogP contribution in [0.4, 0.5) is 18.9 Å². The molecule has 4 N–H and O–H groups in total. The summed E-state index contributed by atoms with van der Waals surface area (Å²) in [4.78, 5) is 1.62. The largest absolute Gasteiger partial charge is 0.417 e. The van der Waals surface area contributed by atoms with Gasteiger partial charge in [0.15, 0.2) is 0 Å². The van der Waals surface area contributed by atoms with Gasteiger partial charge >= 0.3 is 6.18 Å². The lowest BCUT2D eigenvalue weighted by molar-refractivity contribution is -0.137. The van der Waals surface area contributed by atoms with E-state index in [-0.39, 0.29) is 18.2 Å². The number of nitrogens with two attached hydrogens (primary N) is 1. The van der Waals surface area contributed by atoms with Gasteiger partial charge in [-0.15, -0.1) is 0 Å². The van der Waals surface area contributed by atoms with E-state index in [1.807, 2.05) is 0 Å². The summed E-state index contributed by atoms with van der Waals surface area (Å²) in [5.41, 5.74) is 4.37. The summed E-state index contributed by atoms with van der Waals surface area (Å²) in [5, 5.41) is 16.3. The Labute approximate surface area is 109 Å². The molecule has 1 atom stereocenters. The van der Waals surface area contributed by atoms with E-state index >= 15 is 0 Å². The van der Waals surface area contributed by atoms with Crippen LogP contribution in [0.3, 0.4) is 0 Å². The number of nitrogen functional groups attached to an aromatic ring is 1. The van der Waals surface area contributed by atoms with E-state index in [1.165, 1.54) is 12.1 Å². The van der Waals surface area contributed by atoms with Crippen LogP contribution < -0.4 is 10.6 Å². The molecule has 0 spiro atoms. The molecule has 0 saturated carbocycles. The number of nitrogens with zero attached hydrogens (tertiary/aromatic N) is 1. The minimum absolute atomic E-state index is 0.132. The monoisotopic (exact) mass is 275 g/mol. The van der Waals surface area contributed by atoms with Crippen molar-refractivity contribution < 1.29 is 18.3 Å². The summed E-state index contributed by atoms with van der Waals surface area (Å²) in [6.07, 6.45) is -4.55. The van der Waals surface area contributed by atoms with Gasteiger partial charge in [0, 0.05) is 24.3 Å². The van der Waals surface area contributed by atoms with Crippen LogP contribution in [-0.4, -0.2) is 30.6 Å². The molecule has 0 aliphatic rings. The van der Waals surface area contributed by atoms with Crippen molar-refractivity contribution in [3.63, 3.8) is 0 Å². The average molecular weight is 275 g/mol. The third-order valence-corrected chi connectivity index (χ3v) is 2.93. The van der Waals surface area contributed by atoms with Crippen molar-refractivity contribution in [2.75, 3.05) is 18.6 Å². The molecule has 1 unspecified atom stereocenters. The lowest BCUT2D eigenvalue weighted by atomic mass is 10.0. The lowest BCUT2D eigenvalue weighted by Gasteiger charge is -2.26. The highest BCUT2D eigenvalue weighted by molar-refractivity contribution is 5.97. The number of amidine groups is 1. The molecule has 1 rings (SSSR count). The Balaban J connectivity index is 3.28. The zero-order valence-corrected chi connectivity index (χ0v) is 10.6. The van der Waals surface area contributed by atoms with Crippen LogP contribution in [0.2, 0.25) is 0 Å². The van der Waals surface area contributed by atoms with Gasteiger partial charge in [-0.3, -0.25) is 5.41 Å². The molecule has 0 aromatic heterocycles. The smallest absolute Gasteiger partial charge is 0.394 e. The number of anilines is 1. The minimum atomic E-state index is -4.55. The number of hydrogen-bond acceptors (Lipinski definition) is 3. The maximum Gasteiger partial charge on any atom is 0.417 e. The molecule has 4 nitrogen and oxygen atoms in total. The Kier molecular flexibility index (Phi) is 4.41. The second-order valence-corrected chi connectivity index (χ2v) is 4.28. The fourth-order valence-electron chi connectivity index (χ4n) is 1.60. The van der Waals surface area contributed by atoms with E-state index in [2.05, 4.69) is 0 Å². The average Bonchev–Trinajstić information content (AvgIpc) is 2.35. The first-order valence-electron chi connectivity index (χ1n) is 5.57. The van der Waals surface area contributed by atoms with E-state index in [9.17, 15) is 13.2 Å². The highest BCUT2D eigenvalue weighted by atomic mass is 19.4. The van der Waals surface area contributed by atoms with Crippen molar-refractivity contribution >= 4 is 11.5 Å². The number of benzene rings is 1. The summed E-state index contributed by atoms with van der Waals surface area (Å²) < 4.78 is 38.3. The van der Waals surface area contributed by atoms with Gasteiger partial charge < -0.3 is 15.7 Å². The number of alkyl halides is 3. The third kappa shape index (κ3) is 3.37. The molecular weight excluding hydrogens is 259 g/mol. The van der Waals surface area contributed by atoms with E-state index in [4.69, 9.17) is 16.2 Å². The first kappa shape index (κ1) is 15.3. The molecule has 0 fully saturated rings. The van der Waals surface area contributed by atoms with Crippen LogP contribution in [0, 0.1) is 5.41 Å².